The first kappa shape index (κ1) is 25.9. The van der Waals surface area contributed by atoms with Gasteiger partial charge in [-0.15, -0.1) is 0 Å². The number of carbonyl (C=O) groups is 1. The van der Waals surface area contributed by atoms with Crippen LogP contribution < -0.4 is 9.46 Å². The Labute approximate surface area is 218 Å². The van der Waals surface area contributed by atoms with Gasteiger partial charge < -0.3 is 9.72 Å². The summed E-state index contributed by atoms with van der Waals surface area (Å²) in [6.45, 7) is 0. The van der Waals surface area contributed by atoms with E-state index in [9.17, 15) is 26.4 Å². The van der Waals surface area contributed by atoms with Crippen molar-refractivity contribution in [2.24, 2.45) is 0 Å². The lowest BCUT2D eigenvalue weighted by Crippen LogP contribution is -2.17. The average Bonchev–Trinajstić information content (AvgIpc) is 3.35. The van der Waals surface area contributed by atoms with Crippen molar-refractivity contribution in [2.75, 3.05) is 11.8 Å². The molecule has 0 spiro atoms. The van der Waals surface area contributed by atoms with Crippen molar-refractivity contribution in [1.29, 1.82) is 0 Å². The fraction of sp³-hybridized carbons (Fsp3) is 0.0385. The summed E-state index contributed by atoms with van der Waals surface area (Å²) < 4.78 is 89.8. The highest BCUT2D eigenvalue weighted by molar-refractivity contribution is 7.92. The van der Waals surface area contributed by atoms with Crippen molar-refractivity contribution in [1.82, 2.24) is 15.0 Å². The number of fused-ring (bicyclic) bond motifs is 1. The van der Waals surface area contributed by atoms with E-state index in [1.807, 2.05) is 0 Å². The second-order valence-corrected chi connectivity index (χ2v) is 9.86. The zero-order chi connectivity index (χ0) is 27.9. The molecule has 8 nitrogen and oxygen atoms in total. The Bertz CT molecular complexity index is 1860. The van der Waals surface area contributed by atoms with E-state index < -0.39 is 55.2 Å². The molecule has 0 radical (unpaired) electrons. The number of hydrogen-bond acceptors (Lipinski definition) is 6. The lowest BCUT2D eigenvalue weighted by molar-refractivity contribution is 0.103. The van der Waals surface area contributed by atoms with Crippen LogP contribution in [0.1, 0.15) is 15.9 Å². The minimum absolute atomic E-state index is 0.144. The number of aromatic nitrogens is 3. The number of H-pyrrole nitrogens is 1. The molecule has 0 fully saturated rings. The molecule has 0 amide bonds. The van der Waals surface area contributed by atoms with Gasteiger partial charge >= 0.3 is 0 Å². The number of ether oxygens (including phenoxy) is 1. The van der Waals surface area contributed by atoms with E-state index in [1.54, 1.807) is 22.9 Å². The van der Waals surface area contributed by atoms with Crippen LogP contribution in [0.25, 0.3) is 22.2 Å². The lowest BCUT2D eigenvalue weighted by Gasteiger charge is -2.12. The predicted molar refractivity (Wildman–Crippen MR) is 133 cm³/mol. The van der Waals surface area contributed by atoms with Crippen molar-refractivity contribution in [3.8, 4) is 17.0 Å². The zero-order valence-corrected chi connectivity index (χ0v) is 20.6. The third-order valence-electron chi connectivity index (χ3n) is 5.80. The van der Waals surface area contributed by atoms with E-state index in [4.69, 9.17) is 4.74 Å². The summed E-state index contributed by atoms with van der Waals surface area (Å²) in [6.07, 6.45) is 4.25. The van der Waals surface area contributed by atoms with Gasteiger partial charge in [0.05, 0.1) is 18.4 Å². The Morgan fingerprint density at radius 1 is 0.923 bits per heavy atom. The average molecular weight is 556 g/mol. The molecule has 0 atom stereocenters. The highest BCUT2D eigenvalue weighted by atomic mass is 32.2. The largest absolute Gasteiger partial charge is 0.481 e. The van der Waals surface area contributed by atoms with E-state index >= 15 is 4.39 Å². The van der Waals surface area contributed by atoms with Crippen LogP contribution in [-0.2, 0) is 10.0 Å². The number of pyridine rings is 2. The number of anilines is 1. The number of hydrogen-bond donors (Lipinski definition) is 2. The fourth-order valence-corrected chi connectivity index (χ4v) is 5.03. The van der Waals surface area contributed by atoms with E-state index in [-0.39, 0.29) is 16.6 Å². The number of nitrogens with one attached hydrogen (secondary N) is 2. The van der Waals surface area contributed by atoms with Gasteiger partial charge in [0, 0.05) is 46.7 Å². The van der Waals surface area contributed by atoms with Crippen LogP contribution in [-0.4, -0.2) is 36.3 Å². The number of carbonyl (C=O) groups excluding carboxylic acids is 1. The Morgan fingerprint density at radius 2 is 1.67 bits per heavy atom. The Morgan fingerprint density at radius 3 is 2.38 bits per heavy atom. The van der Waals surface area contributed by atoms with E-state index in [2.05, 4.69) is 15.0 Å². The normalized spacial score (nSPS) is 11.5. The van der Waals surface area contributed by atoms with E-state index in [1.165, 1.54) is 25.7 Å². The van der Waals surface area contributed by atoms with Gasteiger partial charge in [-0.1, -0.05) is 0 Å². The van der Waals surface area contributed by atoms with Gasteiger partial charge in [-0.25, -0.2) is 35.9 Å². The second-order valence-electron chi connectivity index (χ2n) is 8.21. The molecule has 0 saturated carbocycles. The van der Waals surface area contributed by atoms with Crippen LogP contribution >= 0.6 is 0 Å². The number of sulfonamides is 1. The van der Waals surface area contributed by atoms with Gasteiger partial charge in [0.25, 0.3) is 10.0 Å². The summed E-state index contributed by atoms with van der Waals surface area (Å²) in [7, 11) is -3.38. The molecular formula is C26H16F4N4O4S. The van der Waals surface area contributed by atoms with Crippen molar-refractivity contribution in [3.63, 3.8) is 0 Å². The molecule has 39 heavy (non-hydrogen) atoms. The Hall–Kier alpha value is -4.78. The van der Waals surface area contributed by atoms with Crippen LogP contribution in [0.4, 0.5) is 23.2 Å². The fourth-order valence-electron chi connectivity index (χ4n) is 3.88. The first-order valence-electron chi connectivity index (χ1n) is 11.1. The molecule has 0 aliphatic heterocycles. The maximum atomic E-state index is 15.4. The van der Waals surface area contributed by atoms with Crippen molar-refractivity contribution in [3.05, 3.63) is 102 Å². The highest BCUT2D eigenvalue weighted by Gasteiger charge is 2.27. The molecule has 0 saturated heterocycles. The molecule has 0 bridgehead atoms. The smallest absolute Gasteiger partial charge is 0.265 e. The standard InChI is InChI=1S/C26H16F4N4O4S/c1-38-22-7-2-13(10-31-22)14-8-16-17(12-33-26(16)32-11-14)25(35)23-19(29)5-6-20(24(23)30)34-39(36,37)21-9-15(27)3-4-18(21)28/h2-12,34H,1H3,(H,32,33). The minimum atomic E-state index is -4.84. The van der Waals surface area contributed by atoms with Crippen LogP contribution in [0.3, 0.4) is 0 Å². The quantitative estimate of drug-likeness (QED) is 0.210. The molecule has 5 rings (SSSR count). The van der Waals surface area contributed by atoms with Gasteiger partial charge in [-0.3, -0.25) is 9.52 Å². The number of rotatable bonds is 7. The number of methoxy groups -OCH3 is 1. The maximum Gasteiger partial charge on any atom is 0.265 e. The first-order chi connectivity index (χ1) is 18.6. The van der Waals surface area contributed by atoms with Gasteiger partial charge in [-0.2, -0.15) is 0 Å². The van der Waals surface area contributed by atoms with Crippen LogP contribution in [0.5, 0.6) is 5.88 Å². The molecule has 2 aromatic carbocycles. The molecule has 0 aliphatic carbocycles. The molecule has 2 N–H and O–H groups in total. The lowest BCUT2D eigenvalue weighted by atomic mass is 10.00. The van der Waals surface area contributed by atoms with Crippen molar-refractivity contribution < 1.29 is 35.5 Å². The predicted octanol–water partition coefficient (Wildman–Crippen LogP) is 5.22. The molecule has 0 unspecified atom stereocenters. The molecule has 198 valence electrons. The minimum Gasteiger partial charge on any atom is -0.481 e. The van der Waals surface area contributed by atoms with Crippen molar-refractivity contribution >= 4 is 32.5 Å². The summed E-state index contributed by atoms with van der Waals surface area (Å²) in [5.41, 5.74) is -0.620. The van der Waals surface area contributed by atoms with Crippen molar-refractivity contribution in [2.45, 2.75) is 4.90 Å². The molecular weight excluding hydrogens is 540 g/mol. The van der Waals surface area contributed by atoms with Crippen LogP contribution in [0, 0.1) is 23.3 Å². The summed E-state index contributed by atoms with van der Waals surface area (Å²) in [5, 5.41) is 0.236. The Balaban J connectivity index is 1.54. The summed E-state index contributed by atoms with van der Waals surface area (Å²) >= 11 is 0. The molecule has 3 aromatic heterocycles. The number of nitrogens with zero attached hydrogens (tertiary/aromatic N) is 2. The third-order valence-corrected chi connectivity index (χ3v) is 7.18. The van der Waals surface area contributed by atoms with E-state index in [0.29, 0.717) is 41.3 Å². The van der Waals surface area contributed by atoms with Gasteiger partial charge in [0.15, 0.2) is 5.82 Å². The topological polar surface area (TPSA) is 114 Å². The number of halogens is 4. The highest BCUT2D eigenvalue weighted by Crippen LogP contribution is 2.30. The third kappa shape index (κ3) is 4.79. The van der Waals surface area contributed by atoms with Gasteiger partial charge in [-0.05, 0) is 42.5 Å². The second kappa shape index (κ2) is 9.83. The molecule has 0 aliphatic rings. The van der Waals surface area contributed by atoms with Gasteiger partial charge in [0.2, 0.25) is 11.7 Å². The number of ketones is 1. The van der Waals surface area contributed by atoms with Gasteiger partial charge in [0.1, 0.15) is 28.0 Å². The SMILES string of the molecule is COc1ccc(-c2cnc3[nH]cc(C(=O)c4c(F)ccc(NS(=O)(=O)c5cc(F)ccc5F)c4F)c3c2)cn1. The Kier molecular flexibility index (Phi) is 6.52. The summed E-state index contributed by atoms with van der Waals surface area (Å²) in [4.78, 5) is 23.4. The molecule has 13 heteroatoms. The summed E-state index contributed by atoms with van der Waals surface area (Å²) in [5.74, 6) is -5.89. The zero-order valence-electron chi connectivity index (χ0n) is 19.8. The van der Waals surface area contributed by atoms with Crippen LogP contribution in [0.15, 0.2) is 72.0 Å². The number of aromatic amines is 1. The molecule has 5 aromatic rings. The van der Waals surface area contributed by atoms with Crippen LogP contribution in [0.2, 0.25) is 0 Å². The number of benzene rings is 2. The molecule has 3 heterocycles. The summed E-state index contributed by atoms with van der Waals surface area (Å²) in [6, 6.07) is 8.00. The monoisotopic (exact) mass is 556 g/mol. The first-order valence-corrected chi connectivity index (χ1v) is 12.6. The maximum absolute atomic E-state index is 15.4. The van der Waals surface area contributed by atoms with E-state index in [0.717, 1.165) is 6.07 Å².